The number of hydrogen-bond donors (Lipinski definition) is 1. The SMILES string of the molecule is O=S(=O)(NCc1ccc(Cn2ccnc2)cc1)c1cccc(Cl)c1Cl. The van der Waals surface area contributed by atoms with Crippen LogP contribution in [-0.2, 0) is 23.1 Å². The predicted molar refractivity (Wildman–Crippen MR) is 98.3 cm³/mol. The van der Waals surface area contributed by atoms with Gasteiger partial charge in [0.2, 0.25) is 10.0 Å². The van der Waals surface area contributed by atoms with Crippen molar-refractivity contribution in [1.29, 1.82) is 0 Å². The fourth-order valence-corrected chi connectivity index (χ4v) is 4.08. The van der Waals surface area contributed by atoms with E-state index in [1.54, 1.807) is 24.7 Å². The van der Waals surface area contributed by atoms with Crippen molar-refractivity contribution in [1.82, 2.24) is 14.3 Å². The molecule has 3 rings (SSSR count). The lowest BCUT2D eigenvalue weighted by atomic mass is 10.1. The molecule has 8 heteroatoms. The normalized spacial score (nSPS) is 11.6. The first-order valence-electron chi connectivity index (χ1n) is 7.43. The highest BCUT2D eigenvalue weighted by Gasteiger charge is 2.19. The molecule has 130 valence electrons. The molecule has 0 fully saturated rings. The molecule has 0 aliphatic rings. The van der Waals surface area contributed by atoms with Gasteiger partial charge in [0.15, 0.2) is 0 Å². The average molecular weight is 396 g/mol. The highest BCUT2D eigenvalue weighted by atomic mass is 35.5. The van der Waals surface area contributed by atoms with E-state index in [-0.39, 0.29) is 21.5 Å². The van der Waals surface area contributed by atoms with Crippen molar-refractivity contribution < 1.29 is 8.42 Å². The molecule has 0 unspecified atom stereocenters. The van der Waals surface area contributed by atoms with Gasteiger partial charge in [-0.1, -0.05) is 53.5 Å². The van der Waals surface area contributed by atoms with Crippen LogP contribution in [0.4, 0.5) is 0 Å². The second-order valence-electron chi connectivity index (χ2n) is 5.43. The Kier molecular flexibility index (Phi) is 5.44. The van der Waals surface area contributed by atoms with Crippen molar-refractivity contribution in [2.75, 3.05) is 0 Å². The molecule has 5 nitrogen and oxygen atoms in total. The van der Waals surface area contributed by atoms with Gasteiger partial charge in [-0.05, 0) is 23.3 Å². The first-order valence-corrected chi connectivity index (χ1v) is 9.67. The topological polar surface area (TPSA) is 64.0 Å². The molecule has 0 saturated carbocycles. The van der Waals surface area contributed by atoms with Gasteiger partial charge in [0.05, 0.1) is 16.4 Å². The average Bonchev–Trinajstić information content (AvgIpc) is 3.10. The number of aromatic nitrogens is 2. The van der Waals surface area contributed by atoms with Crippen LogP contribution in [-0.4, -0.2) is 18.0 Å². The Morgan fingerprint density at radius 1 is 1.04 bits per heavy atom. The molecule has 3 aromatic rings. The van der Waals surface area contributed by atoms with Gasteiger partial charge in [0, 0.05) is 25.5 Å². The minimum Gasteiger partial charge on any atom is -0.333 e. The summed E-state index contributed by atoms with van der Waals surface area (Å²) in [6, 6.07) is 12.2. The molecular weight excluding hydrogens is 381 g/mol. The second kappa shape index (κ2) is 7.58. The van der Waals surface area contributed by atoms with E-state index >= 15 is 0 Å². The van der Waals surface area contributed by atoms with E-state index in [2.05, 4.69) is 9.71 Å². The summed E-state index contributed by atoms with van der Waals surface area (Å²) in [5.41, 5.74) is 1.94. The molecule has 0 radical (unpaired) electrons. The molecule has 1 N–H and O–H groups in total. The van der Waals surface area contributed by atoms with E-state index in [0.29, 0.717) is 6.54 Å². The predicted octanol–water partition coefficient (Wildman–Crippen LogP) is 3.72. The minimum atomic E-state index is -3.74. The third-order valence-corrected chi connectivity index (χ3v) is 5.99. The summed E-state index contributed by atoms with van der Waals surface area (Å²) in [4.78, 5) is 3.97. The number of rotatable bonds is 6. The second-order valence-corrected chi connectivity index (χ2v) is 7.95. The lowest BCUT2D eigenvalue weighted by Crippen LogP contribution is -2.23. The van der Waals surface area contributed by atoms with Crippen LogP contribution in [0.1, 0.15) is 11.1 Å². The van der Waals surface area contributed by atoms with Crippen molar-refractivity contribution >= 4 is 33.2 Å². The number of nitrogens with one attached hydrogen (secondary N) is 1. The van der Waals surface area contributed by atoms with Crippen molar-refractivity contribution in [2.45, 2.75) is 18.0 Å². The molecule has 25 heavy (non-hydrogen) atoms. The molecule has 1 aromatic heterocycles. The minimum absolute atomic E-state index is 0.0207. The Morgan fingerprint density at radius 3 is 2.44 bits per heavy atom. The summed E-state index contributed by atoms with van der Waals surface area (Å²) in [5, 5.41) is 0.223. The molecule has 0 aliphatic heterocycles. The number of imidazole rings is 1. The summed E-state index contributed by atoms with van der Waals surface area (Å²) in [6.45, 7) is 0.876. The monoisotopic (exact) mass is 395 g/mol. The third-order valence-electron chi connectivity index (χ3n) is 3.62. The highest BCUT2D eigenvalue weighted by molar-refractivity contribution is 7.89. The van der Waals surface area contributed by atoms with Gasteiger partial charge in [0.25, 0.3) is 0 Å². The molecule has 1 heterocycles. The van der Waals surface area contributed by atoms with Gasteiger partial charge in [-0.2, -0.15) is 0 Å². The fraction of sp³-hybridized carbons (Fsp3) is 0.118. The van der Waals surface area contributed by atoms with Crippen LogP contribution >= 0.6 is 23.2 Å². The smallest absolute Gasteiger partial charge is 0.242 e. The van der Waals surface area contributed by atoms with Crippen LogP contribution in [0.2, 0.25) is 10.0 Å². The van der Waals surface area contributed by atoms with Crippen LogP contribution in [0.15, 0.2) is 66.1 Å². The van der Waals surface area contributed by atoms with Crippen molar-refractivity contribution in [3.05, 3.63) is 82.4 Å². The van der Waals surface area contributed by atoms with Crippen LogP contribution in [0, 0.1) is 0 Å². The Morgan fingerprint density at radius 2 is 1.76 bits per heavy atom. The molecule has 0 saturated heterocycles. The highest BCUT2D eigenvalue weighted by Crippen LogP contribution is 2.28. The van der Waals surface area contributed by atoms with Gasteiger partial charge < -0.3 is 4.57 Å². The van der Waals surface area contributed by atoms with Crippen molar-refractivity contribution in [2.24, 2.45) is 0 Å². The fourth-order valence-electron chi connectivity index (χ4n) is 2.30. The van der Waals surface area contributed by atoms with Crippen molar-refractivity contribution in [3.8, 4) is 0 Å². The Bertz CT molecular complexity index is 956. The Hall–Kier alpha value is -1.86. The lowest BCUT2D eigenvalue weighted by Gasteiger charge is -2.10. The molecule has 2 aromatic carbocycles. The Balaban J connectivity index is 1.67. The van der Waals surface area contributed by atoms with Gasteiger partial charge in [-0.25, -0.2) is 18.1 Å². The molecule has 0 atom stereocenters. The summed E-state index contributed by atoms with van der Waals surface area (Å²) in [7, 11) is -3.74. The van der Waals surface area contributed by atoms with Gasteiger partial charge in [-0.3, -0.25) is 0 Å². The van der Waals surface area contributed by atoms with Crippen LogP contribution < -0.4 is 4.72 Å². The van der Waals surface area contributed by atoms with Gasteiger partial charge in [0.1, 0.15) is 4.90 Å². The van der Waals surface area contributed by atoms with Gasteiger partial charge in [-0.15, -0.1) is 0 Å². The summed E-state index contributed by atoms with van der Waals surface area (Å²) >= 11 is 11.9. The molecule has 0 aliphatic carbocycles. The number of nitrogens with zero attached hydrogens (tertiary/aromatic N) is 2. The lowest BCUT2D eigenvalue weighted by molar-refractivity contribution is 0.581. The summed E-state index contributed by atoms with van der Waals surface area (Å²) in [5.74, 6) is 0. The first kappa shape index (κ1) is 17.9. The Labute approximate surface area is 156 Å². The van der Waals surface area contributed by atoms with Crippen LogP contribution in [0.5, 0.6) is 0 Å². The molecular formula is C17H15Cl2N3O2S. The van der Waals surface area contributed by atoms with E-state index in [1.807, 2.05) is 35.0 Å². The van der Waals surface area contributed by atoms with E-state index in [0.717, 1.165) is 11.1 Å². The van der Waals surface area contributed by atoms with E-state index in [4.69, 9.17) is 23.2 Å². The van der Waals surface area contributed by atoms with E-state index in [1.165, 1.54) is 6.07 Å². The quantitative estimate of drug-likeness (QED) is 0.691. The molecule has 0 amide bonds. The standard InChI is InChI=1S/C17H15Cl2N3O2S/c18-15-2-1-3-16(17(15)19)25(23,24)21-10-13-4-6-14(7-5-13)11-22-9-8-20-12-22/h1-9,12,21H,10-11H2. The zero-order valence-electron chi connectivity index (χ0n) is 13.1. The van der Waals surface area contributed by atoms with Gasteiger partial charge >= 0.3 is 0 Å². The number of benzene rings is 2. The molecule has 0 bridgehead atoms. The largest absolute Gasteiger partial charge is 0.333 e. The maximum Gasteiger partial charge on any atom is 0.242 e. The number of hydrogen-bond acceptors (Lipinski definition) is 3. The first-order chi connectivity index (χ1) is 12.0. The summed E-state index contributed by atoms with van der Waals surface area (Å²) in [6.07, 6.45) is 5.36. The number of halogens is 2. The van der Waals surface area contributed by atoms with E-state index in [9.17, 15) is 8.42 Å². The van der Waals surface area contributed by atoms with Crippen LogP contribution in [0.25, 0.3) is 0 Å². The zero-order chi connectivity index (χ0) is 17.9. The maximum atomic E-state index is 12.4. The molecule has 0 spiro atoms. The summed E-state index contributed by atoms with van der Waals surface area (Å²) < 4.78 is 29.3. The van der Waals surface area contributed by atoms with Crippen LogP contribution in [0.3, 0.4) is 0 Å². The van der Waals surface area contributed by atoms with Crippen molar-refractivity contribution in [3.63, 3.8) is 0 Å². The maximum absolute atomic E-state index is 12.4. The number of sulfonamides is 1. The van der Waals surface area contributed by atoms with E-state index < -0.39 is 10.0 Å². The third kappa shape index (κ3) is 4.41. The zero-order valence-corrected chi connectivity index (χ0v) is 15.4.